The Morgan fingerprint density at radius 3 is 2.38 bits per heavy atom. The number of nitrogens with one attached hydrogen (secondary N) is 2. The third-order valence-electron chi connectivity index (χ3n) is 7.07. The van der Waals surface area contributed by atoms with Crippen LogP contribution in [0.2, 0.25) is 0 Å². The number of terminal acetylenes is 1. The fourth-order valence-corrected chi connectivity index (χ4v) is 4.57. The molecule has 2 fully saturated rings. The molecule has 1 aromatic rings. The smallest absolute Gasteiger partial charge is 0.340 e. The molecule has 0 aromatic heterocycles. The van der Waals surface area contributed by atoms with E-state index in [1.54, 1.807) is 11.0 Å². The molecule has 0 radical (unpaired) electrons. The summed E-state index contributed by atoms with van der Waals surface area (Å²) in [7, 11) is 1.98. The van der Waals surface area contributed by atoms with Crippen molar-refractivity contribution in [2.45, 2.75) is 50.9 Å². The van der Waals surface area contributed by atoms with E-state index >= 15 is 0 Å². The Kier molecular flexibility index (Phi) is 10.7. The van der Waals surface area contributed by atoms with Crippen LogP contribution in [0.1, 0.15) is 48.5 Å². The van der Waals surface area contributed by atoms with E-state index in [0.29, 0.717) is 32.5 Å². The fraction of sp³-hybridized carbons (Fsp3) is 0.517. The fourth-order valence-electron chi connectivity index (χ4n) is 4.57. The summed E-state index contributed by atoms with van der Waals surface area (Å²) >= 11 is 0. The van der Waals surface area contributed by atoms with Crippen molar-refractivity contribution >= 4 is 11.8 Å². The Balaban J connectivity index is 1.54. The largest absolute Gasteiger partial charge is 0.416 e. The van der Waals surface area contributed by atoms with Gasteiger partial charge in [0.05, 0.1) is 11.4 Å². The summed E-state index contributed by atoms with van der Waals surface area (Å²) in [6.45, 7) is 4.61. The number of benzene rings is 1. The quantitative estimate of drug-likeness (QED) is 0.189. The van der Waals surface area contributed by atoms with Gasteiger partial charge in [0.1, 0.15) is 6.04 Å². The van der Waals surface area contributed by atoms with Gasteiger partial charge in [-0.25, -0.2) is 4.39 Å². The molecule has 2 N–H and O–H groups in total. The summed E-state index contributed by atoms with van der Waals surface area (Å²) in [5.41, 5.74) is -0.0162. The van der Waals surface area contributed by atoms with E-state index in [0.717, 1.165) is 55.8 Å². The summed E-state index contributed by atoms with van der Waals surface area (Å²) in [5.74, 6) is 1.73. The van der Waals surface area contributed by atoms with Gasteiger partial charge in [0, 0.05) is 49.3 Å². The number of unbranched alkanes of at least 4 members (excludes halogenated alkanes) is 1. The second kappa shape index (κ2) is 13.8. The van der Waals surface area contributed by atoms with Crippen molar-refractivity contribution in [2.24, 2.45) is 5.92 Å². The molecule has 1 saturated heterocycles. The highest BCUT2D eigenvalue weighted by molar-refractivity contribution is 5.97. The minimum atomic E-state index is -4.49. The number of allylic oxidation sites excluding steroid dienone is 3. The number of nitrogens with zero attached hydrogens (tertiary/aromatic N) is 2. The van der Waals surface area contributed by atoms with E-state index in [4.69, 9.17) is 6.42 Å². The Labute approximate surface area is 227 Å². The van der Waals surface area contributed by atoms with Gasteiger partial charge in [-0.1, -0.05) is 5.92 Å². The minimum Gasteiger partial charge on any atom is -0.340 e. The first kappa shape index (κ1) is 30.4. The lowest BCUT2D eigenvalue weighted by molar-refractivity contribution is -0.137. The standard InChI is InChI=1S/C29H36F4N4O2/c1-4-21(9-8-20(2)30)24-19-26(24)34-14-6-5-7-25(28(39)37-17-15-36(3)16-18-37)35-27(38)22-10-12-23(13-11-22)29(31,32)33/h1,8-13,24-26,34H,5-7,14-19H2,2-3H3,(H,35,38)/b20-8+,21-9+/t24-,25-,26?/m0/s1. The molecule has 1 aliphatic carbocycles. The molecule has 212 valence electrons. The van der Waals surface area contributed by atoms with E-state index in [2.05, 4.69) is 21.5 Å². The molecule has 2 aliphatic rings. The maximum atomic E-state index is 13.3. The number of hydrogen-bond acceptors (Lipinski definition) is 4. The average molecular weight is 549 g/mol. The van der Waals surface area contributed by atoms with Gasteiger partial charge in [-0.15, -0.1) is 6.42 Å². The van der Waals surface area contributed by atoms with Crippen molar-refractivity contribution in [1.82, 2.24) is 20.4 Å². The number of halogens is 4. The molecule has 1 aromatic carbocycles. The first-order valence-electron chi connectivity index (χ1n) is 13.2. The number of alkyl halides is 3. The Morgan fingerprint density at radius 1 is 1.13 bits per heavy atom. The Hall–Kier alpha value is -3.16. The summed E-state index contributed by atoms with van der Waals surface area (Å²) in [4.78, 5) is 29.9. The van der Waals surface area contributed by atoms with E-state index < -0.39 is 23.7 Å². The lowest BCUT2D eigenvalue weighted by atomic mass is 10.1. The van der Waals surface area contributed by atoms with Crippen molar-refractivity contribution in [3.05, 3.63) is 58.9 Å². The molecular weight excluding hydrogens is 512 g/mol. The zero-order valence-electron chi connectivity index (χ0n) is 22.4. The molecule has 1 aliphatic heterocycles. The third-order valence-corrected chi connectivity index (χ3v) is 7.07. The average Bonchev–Trinajstić information content (AvgIpc) is 3.66. The van der Waals surface area contributed by atoms with Gasteiger partial charge in [-0.2, -0.15) is 13.2 Å². The molecule has 1 heterocycles. The molecule has 1 saturated carbocycles. The van der Waals surface area contributed by atoms with Gasteiger partial charge in [-0.05, 0) is 82.6 Å². The number of carbonyl (C=O) groups is 2. The van der Waals surface area contributed by atoms with Gasteiger partial charge in [0.15, 0.2) is 0 Å². The summed E-state index contributed by atoms with van der Waals surface area (Å²) < 4.78 is 51.6. The number of piperazine rings is 1. The molecule has 2 amide bonds. The highest BCUT2D eigenvalue weighted by Gasteiger charge is 2.38. The molecule has 10 heteroatoms. The lowest BCUT2D eigenvalue weighted by Gasteiger charge is -2.34. The Morgan fingerprint density at radius 2 is 1.79 bits per heavy atom. The number of hydrogen-bond donors (Lipinski definition) is 2. The SMILES string of the molecule is C#C/C(=C\C=C(/C)F)[C@@H]1CC1NCCCC[C@H](NC(=O)c1ccc(C(F)(F)F)cc1)C(=O)N1CCN(C)CC1. The zero-order valence-corrected chi connectivity index (χ0v) is 22.4. The normalized spacial score (nSPS) is 21.3. The maximum absolute atomic E-state index is 13.3. The van der Waals surface area contributed by atoms with Crippen molar-refractivity contribution in [2.75, 3.05) is 39.8 Å². The van der Waals surface area contributed by atoms with Gasteiger partial charge in [-0.3, -0.25) is 9.59 Å². The first-order chi connectivity index (χ1) is 18.5. The lowest BCUT2D eigenvalue weighted by Crippen LogP contribution is -2.54. The van der Waals surface area contributed by atoms with Crippen molar-refractivity contribution in [1.29, 1.82) is 0 Å². The maximum Gasteiger partial charge on any atom is 0.416 e. The predicted molar refractivity (Wildman–Crippen MR) is 142 cm³/mol. The number of likely N-dealkylation sites (N-methyl/N-ethyl adjacent to an activating group) is 1. The minimum absolute atomic E-state index is 0.0655. The summed E-state index contributed by atoms with van der Waals surface area (Å²) in [5, 5.41) is 6.19. The van der Waals surface area contributed by atoms with Gasteiger partial charge in [0.2, 0.25) is 5.91 Å². The molecular formula is C29H36F4N4O2. The van der Waals surface area contributed by atoms with Crippen LogP contribution < -0.4 is 10.6 Å². The van der Waals surface area contributed by atoms with Gasteiger partial charge in [0.25, 0.3) is 5.91 Å². The highest BCUT2D eigenvalue weighted by atomic mass is 19.4. The van der Waals surface area contributed by atoms with Gasteiger partial charge >= 0.3 is 6.18 Å². The number of rotatable bonds is 11. The van der Waals surface area contributed by atoms with Crippen LogP contribution in [-0.2, 0) is 11.0 Å². The van der Waals surface area contributed by atoms with E-state index in [1.165, 1.54) is 13.0 Å². The molecule has 0 bridgehead atoms. The van der Waals surface area contributed by atoms with Crippen molar-refractivity contribution < 1.29 is 27.2 Å². The second-order valence-electron chi connectivity index (χ2n) is 10.1. The predicted octanol–water partition coefficient (Wildman–Crippen LogP) is 4.16. The number of amides is 2. The van der Waals surface area contributed by atoms with Crippen molar-refractivity contribution in [3.63, 3.8) is 0 Å². The van der Waals surface area contributed by atoms with Crippen LogP contribution >= 0.6 is 0 Å². The van der Waals surface area contributed by atoms with Crippen LogP contribution in [0.3, 0.4) is 0 Å². The Bertz CT molecular complexity index is 1100. The number of carbonyl (C=O) groups excluding carboxylic acids is 2. The van der Waals surface area contributed by atoms with E-state index in [9.17, 15) is 27.2 Å². The molecule has 6 nitrogen and oxygen atoms in total. The van der Waals surface area contributed by atoms with E-state index in [-0.39, 0.29) is 29.3 Å². The van der Waals surface area contributed by atoms with Gasteiger partial charge < -0.3 is 20.4 Å². The van der Waals surface area contributed by atoms with Crippen LogP contribution in [0.4, 0.5) is 17.6 Å². The van der Waals surface area contributed by atoms with Crippen molar-refractivity contribution in [3.8, 4) is 12.3 Å². The third kappa shape index (κ3) is 9.22. The van der Waals surface area contributed by atoms with Crippen LogP contribution in [-0.4, -0.2) is 73.5 Å². The molecule has 3 atom stereocenters. The molecule has 39 heavy (non-hydrogen) atoms. The highest BCUT2D eigenvalue weighted by Crippen LogP contribution is 2.37. The first-order valence-corrected chi connectivity index (χ1v) is 13.2. The monoisotopic (exact) mass is 548 g/mol. The summed E-state index contributed by atoms with van der Waals surface area (Å²) in [6.07, 6.45) is 6.75. The summed E-state index contributed by atoms with van der Waals surface area (Å²) in [6, 6.07) is 3.41. The second-order valence-corrected chi connectivity index (χ2v) is 10.1. The molecule has 1 unspecified atom stereocenters. The van der Waals surface area contributed by atoms with E-state index in [1.807, 2.05) is 7.05 Å². The molecule has 0 spiro atoms. The zero-order chi connectivity index (χ0) is 28.6. The molecule has 3 rings (SSSR count). The topological polar surface area (TPSA) is 64.7 Å². The van der Waals surface area contributed by atoms with Crippen LogP contribution in [0.5, 0.6) is 0 Å². The van der Waals surface area contributed by atoms with Crippen LogP contribution in [0.15, 0.2) is 47.8 Å². The van der Waals surface area contributed by atoms with Crippen LogP contribution in [0.25, 0.3) is 0 Å². The van der Waals surface area contributed by atoms with Crippen LogP contribution in [0, 0.1) is 18.3 Å².